The zero-order valence-corrected chi connectivity index (χ0v) is 32.1. The molecule has 2 aliphatic carbocycles. The van der Waals surface area contributed by atoms with Crippen LogP contribution in [0, 0.1) is 31.1 Å². The van der Waals surface area contributed by atoms with Crippen molar-refractivity contribution in [3.05, 3.63) is 55.6 Å². The maximum atomic E-state index is 13.7. The van der Waals surface area contributed by atoms with Crippen LogP contribution in [0.3, 0.4) is 0 Å². The van der Waals surface area contributed by atoms with E-state index >= 15 is 0 Å². The minimum Gasteiger partial charge on any atom is -0.493 e. The Morgan fingerprint density at radius 2 is 1.05 bits per heavy atom. The molecule has 0 bridgehead atoms. The summed E-state index contributed by atoms with van der Waals surface area (Å²) in [6, 6.07) is 4.27. The second-order valence-corrected chi connectivity index (χ2v) is 15.8. The quantitative estimate of drug-likeness (QED) is 0.0906. The van der Waals surface area contributed by atoms with Gasteiger partial charge in [-0.3, -0.25) is 39.4 Å². The maximum Gasteiger partial charge on any atom is 0.303 e. The number of amides is 2. The van der Waals surface area contributed by atoms with Crippen molar-refractivity contribution in [3.63, 3.8) is 0 Å². The monoisotopic (exact) mass is 796 g/mol. The van der Waals surface area contributed by atoms with Gasteiger partial charge in [-0.15, -0.1) is 0 Å². The van der Waals surface area contributed by atoms with Gasteiger partial charge in [-0.1, -0.05) is 0 Å². The van der Waals surface area contributed by atoms with Gasteiger partial charge in [0.2, 0.25) is 0 Å². The molecule has 2 spiro atoms. The molecule has 18 heteroatoms. The van der Waals surface area contributed by atoms with Crippen LogP contribution >= 0.6 is 0 Å². The Balaban J connectivity index is 1.04. The molecule has 2 saturated carbocycles. The number of hydrogen-bond donors (Lipinski definition) is 2. The summed E-state index contributed by atoms with van der Waals surface area (Å²) >= 11 is 0. The highest BCUT2D eigenvalue weighted by atomic mass is 16.6. The van der Waals surface area contributed by atoms with E-state index in [2.05, 4.69) is 0 Å². The molecule has 0 aromatic heterocycles. The summed E-state index contributed by atoms with van der Waals surface area (Å²) in [5.41, 5.74) is -1.31. The highest BCUT2D eigenvalue weighted by Gasteiger charge is 2.54. The van der Waals surface area contributed by atoms with Crippen LogP contribution in [0.2, 0.25) is 0 Å². The first-order chi connectivity index (χ1) is 27.2. The number of carboxylic acids is 2. The van der Waals surface area contributed by atoms with Gasteiger partial charge < -0.3 is 39.0 Å². The Labute approximate surface area is 328 Å². The molecule has 2 amide bonds. The topological polar surface area (TPSA) is 238 Å². The number of aliphatic carboxylic acids is 2. The molecule has 2 heterocycles. The van der Waals surface area contributed by atoms with Crippen molar-refractivity contribution in [3.8, 4) is 23.0 Å². The summed E-state index contributed by atoms with van der Waals surface area (Å²) < 4.78 is 22.6. The number of rotatable bonds is 20. The minimum absolute atomic E-state index is 0.0509. The Bertz CT molecular complexity index is 1790. The number of carboxylic acid groups (broad SMARTS) is 2. The molecule has 6 rings (SSSR count). The van der Waals surface area contributed by atoms with E-state index < -0.39 is 45.0 Å². The number of likely N-dealkylation sites (tertiary alicyclic amines) is 2. The van der Waals surface area contributed by atoms with Crippen LogP contribution in [0.4, 0.5) is 11.4 Å². The van der Waals surface area contributed by atoms with Crippen molar-refractivity contribution in [1.29, 1.82) is 0 Å². The molecular weight excluding hydrogens is 748 g/mol. The largest absolute Gasteiger partial charge is 0.493 e. The molecule has 2 aromatic rings. The van der Waals surface area contributed by atoms with Gasteiger partial charge in [0, 0.05) is 50.1 Å². The number of nitro benzene ring substituents is 2. The van der Waals surface area contributed by atoms with Crippen molar-refractivity contribution in [2.75, 3.05) is 40.5 Å². The summed E-state index contributed by atoms with van der Waals surface area (Å²) in [7, 11) is 2.72. The number of benzene rings is 2. The van der Waals surface area contributed by atoms with Gasteiger partial charge in [0.05, 0.1) is 49.4 Å². The first kappa shape index (κ1) is 41.0. The lowest BCUT2D eigenvalue weighted by Gasteiger charge is -2.24. The SMILES string of the molecule is COc1cc(C(=O)N2CC3(CC3)C[C@@H]2CCC(=O)O)c([N+](=O)[O-])cc1OCCCCCOc1cc([N+](=O)[O-])c(C(=O)N2CC3(CC3)C[C@@H]2CCC(=O)O)cc1OC. The first-order valence-corrected chi connectivity index (χ1v) is 19.2. The lowest BCUT2D eigenvalue weighted by Crippen LogP contribution is -2.36. The third-order valence-corrected chi connectivity index (χ3v) is 11.8. The predicted molar refractivity (Wildman–Crippen MR) is 200 cm³/mol. The smallest absolute Gasteiger partial charge is 0.303 e. The van der Waals surface area contributed by atoms with Crippen LogP contribution in [-0.4, -0.2) is 106 Å². The van der Waals surface area contributed by atoms with Crippen molar-refractivity contribution in [2.24, 2.45) is 10.8 Å². The summed E-state index contributed by atoms with van der Waals surface area (Å²) in [5.74, 6) is -2.59. The van der Waals surface area contributed by atoms with Crippen LogP contribution in [-0.2, 0) is 9.59 Å². The third-order valence-electron chi connectivity index (χ3n) is 11.8. The highest BCUT2D eigenvalue weighted by Crippen LogP contribution is 2.57. The number of nitro groups is 2. The zero-order chi connectivity index (χ0) is 41.1. The molecule has 0 unspecified atom stereocenters. The zero-order valence-electron chi connectivity index (χ0n) is 32.1. The van der Waals surface area contributed by atoms with Crippen LogP contribution < -0.4 is 18.9 Å². The number of unbranched alkanes of at least 4 members (excludes halogenated alkanes) is 2. The molecule has 0 radical (unpaired) electrons. The fourth-order valence-electron chi connectivity index (χ4n) is 8.32. The molecule has 2 aromatic carbocycles. The van der Waals surface area contributed by atoms with Crippen LogP contribution in [0.25, 0.3) is 0 Å². The molecule has 18 nitrogen and oxygen atoms in total. The van der Waals surface area contributed by atoms with Gasteiger partial charge >= 0.3 is 11.9 Å². The Hall–Kier alpha value is -5.68. The number of hydrogen-bond acceptors (Lipinski definition) is 12. The first-order valence-electron chi connectivity index (χ1n) is 19.2. The van der Waals surface area contributed by atoms with Gasteiger partial charge in [-0.25, -0.2) is 0 Å². The van der Waals surface area contributed by atoms with E-state index in [1.165, 1.54) is 38.5 Å². The Morgan fingerprint density at radius 1 is 0.667 bits per heavy atom. The molecule has 4 aliphatic rings. The van der Waals surface area contributed by atoms with Crippen LogP contribution in [0.1, 0.15) is 104 Å². The van der Waals surface area contributed by atoms with E-state index in [4.69, 9.17) is 18.9 Å². The molecule has 2 N–H and O–H groups in total. The summed E-state index contributed by atoms with van der Waals surface area (Å²) in [6.45, 7) is 1.12. The maximum absolute atomic E-state index is 13.7. The second kappa shape index (κ2) is 16.8. The van der Waals surface area contributed by atoms with E-state index in [1.807, 2.05) is 0 Å². The van der Waals surface area contributed by atoms with E-state index in [0.29, 0.717) is 45.2 Å². The number of methoxy groups -OCH3 is 2. The average Bonchev–Trinajstić information content (AvgIpc) is 4.05. The van der Waals surface area contributed by atoms with Gasteiger partial charge in [-0.05, 0) is 81.5 Å². The number of carbonyl (C=O) groups is 4. The molecule has 308 valence electrons. The van der Waals surface area contributed by atoms with Gasteiger partial charge in [0.1, 0.15) is 11.1 Å². The van der Waals surface area contributed by atoms with Gasteiger partial charge in [0.25, 0.3) is 23.2 Å². The molecular formula is C39H48N4O14. The number of ether oxygens (including phenoxy) is 4. The normalized spacial score (nSPS) is 19.7. The number of carbonyl (C=O) groups excluding carboxylic acids is 2. The van der Waals surface area contributed by atoms with E-state index in [-0.39, 0.29) is 95.9 Å². The molecule has 4 fully saturated rings. The van der Waals surface area contributed by atoms with E-state index in [1.54, 1.807) is 9.80 Å². The van der Waals surface area contributed by atoms with E-state index in [9.17, 15) is 49.6 Å². The van der Waals surface area contributed by atoms with Crippen molar-refractivity contribution < 1.29 is 58.2 Å². The average molecular weight is 797 g/mol. The summed E-state index contributed by atoms with van der Waals surface area (Å²) in [6.07, 6.45) is 6.91. The van der Waals surface area contributed by atoms with Gasteiger partial charge in [0.15, 0.2) is 23.0 Å². The summed E-state index contributed by atoms with van der Waals surface area (Å²) in [4.78, 5) is 76.2. The molecule has 2 atom stereocenters. The van der Waals surface area contributed by atoms with E-state index in [0.717, 1.165) is 25.7 Å². The van der Waals surface area contributed by atoms with Crippen molar-refractivity contribution >= 4 is 35.1 Å². The van der Waals surface area contributed by atoms with Crippen molar-refractivity contribution in [1.82, 2.24) is 9.80 Å². The van der Waals surface area contributed by atoms with Crippen LogP contribution in [0.5, 0.6) is 23.0 Å². The molecule has 57 heavy (non-hydrogen) atoms. The lowest BCUT2D eigenvalue weighted by molar-refractivity contribution is -0.385. The fourth-order valence-corrected chi connectivity index (χ4v) is 8.32. The molecule has 2 saturated heterocycles. The second-order valence-electron chi connectivity index (χ2n) is 15.8. The standard InChI is InChI=1S/C39H48N4O14/c1-54-30-16-26(36(48)40-22-38(10-11-38)20-24(40)6-8-34(44)45)28(42(50)51)18-32(30)56-14-4-3-5-15-57-33-19-29(43(52)53)27(17-31(33)55-2)37(49)41-23-39(12-13-39)21-25(41)7-9-35(46)47/h16-19,24-25H,3-15,20-23H2,1-2H3,(H,44,45)(H,46,47)/t24-,25-/m0/s1. The third kappa shape index (κ3) is 9.31. The number of nitrogens with zero attached hydrogens (tertiary/aromatic N) is 4. The Kier molecular flexibility index (Phi) is 12.1. The van der Waals surface area contributed by atoms with Gasteiger partial charge in [-0.2, -0.15) is 0 Å². The van der Waals surface area contributed by atoms with Crippen LogP contribution in [0.15, 0.2) is 24.3 Å². The fraction of sp³-hybridized carbons (Fsp3) is 0.590. The molecule has 2 aliphatic heterocycles. The lowest BCUT2D eigenvalue weighted by atomic mass is 10.0. The Morgan fingerprint density at radius 3 is 1.37 bits per heavy atom. The minimum atomic E-state index is -0.970. The van der Waals surface area contributed by atoms with Crippen molar-refractivity contribution in [2.45, 2.75) is 95.6 Å². The highest BCUT2D eigenvalue weighted by molar-refractivity contribution is 6.00. The predicted octanol–water partition coefficient (Wildman–Crippen LogP) is 5.87. The summed E-state index contributed by atoms with van der Waals surface area (Å²) in [5, 5.41) is 42.8.